The van der Waals surface area contributed by atoms with E-state index in [9.17, 15) is 14.7 Å². The van der Waals surface area contributed by atoms with E-state index in [0.29, 0.717) is 37.2 Å². The Labute approximate surface area is 123 Å². The second-order valence-corrected chi connectivity index (χ2v) is 5.53. The number of aliphatic hydroxyl groups is 1. The lowest BCUT2D eigenvalue weighted by Gasteiger charge is -2.10. The molecule has 2 amide bonds. The second-order valence-electron chi connectivity index (χ2n) is 4.58. The van der Waals surface area contributed by atoms with Crippen LogP contribution in [0, 0.1) is 0 Å². The van der Waals surface area contributed by atoms with E-state index in [0.717, 1.165) is 6.42 Å². The summed E-state index contributed by atoms with van der Waals surface area (Å²) >= 11 is 1.39. The number of rotatable bonds is 9. The van der Waals surface area contributed by atoms with Crippen LogP contribution < -0.4 is 10.6 Å². The fourth-order valence-electron chi connectivity index (χ4n) is 1.70. The Hall–Kier alpha value is -1.40. The molecule has 1 unspecified atom stereocenters. The van der Waals surface area contributed by atoms with E-state index in [4.69, 9.17) is 0 Å². The Kier molecular flexibility index (Phi) is 7.91. The first kappa shape index (κ1) is 16.7. The van der Waals surface area contributed by atoms with Crippen molar-refractivity contribution in [3.05, 3.63) is 22.4 Å². The van der Waals surface area contributed by atoms with Gasteiger partial charge in [0, 0.05) is 19.5 Å². The molecule has 20 heavy (non-hydrogen) atoms. The van der Waals surface area contributed by atoms with E-state index in [1.807, 2.05) is 18.4 Å². The van der Waals surface area contributed by atoms with Crippen molar-refractivity contribution in [2.45, 2.75) is 38.7 Å². The van der Waals surface area contributed by atoms with Gasteiger partial charge in [-0.2, -0.15) is 0 Å². The predicted molar refractivity (Wildman–Crippen MR) is 79.8 cm³/mol. The summed E-state index contributed by atoms with van der Waals surface area (Å²) in [5, 5.41) is 16.8. The standard InChI is InChI=1S/C14H22N2O3S/c1-2-5-11(17)10-16-13(18)7-3-8-15-14(19)12-6-4-9-20-12/h4,6,9,11,17H,2-3,5,7-8,10H2,1H3,(H,15,19)(H,16,18). The summed E-state index contributed by atoms with van der Waals surface area (Å²) in [6.07, 6.45) is 2.06. The summed E-state index contributed by atoms with van der Waals surface area (Å²) in [5.74, 6) is -0.190. The molecule has 1 rings (SSSR count). The van der Waals surface area contributed by atoms with Gasteiger partial charge in [-0.1, -0.05) is 19.4 Å². The van der Waals surface area contributed by atoms with Crippen LogP contribution in [0.4, 0.5) is 0 Å². The van der Waals surface area contributed by atoms with Crippen molar-refractivity contribution in [1.29, 1.82) is 0 Å². The average molecular weight is 298 g/mol. The van der Waals surface area contributed by atoms with Crippen LogP contribution in [-0.4, -0.2) is 36.1 Å². The minimum atomic E-state index is -0.470. The zero-order valence-electron chi connectivity index (χ0n) is 11.7. The van der Waals surface area contributed by atoms with Gasteiger partial charge in [0.05, 0.1) is 11.0 Å². The third-order valence-corrected chi connectivity index (χ3v) is 3.64. The van der Waals surface area contributed by atoms with E-state index in [2.05, 4.69) is 10.6 Å². The molecule has 1 atom stereocenters. The van der Waals surface area contributed by atoms with Crippen LogP contribution in [0.3, 0.4) is 0 Å². The Bertz CT molecular complexity index is 407. The predicted octanol–water partition coefficient (Wildman–Crippen LogP) is 1.54. The maximum absolute atomic E-state index is 11.6. The van der Waals surface area contributed by atoms with Crippen molar-refractivity contribution < 1.29 is 14.7 Å². The van der Waals surface area contributed by atoms with Gasteiger partial charge >= 0.3 is 0 Å². The lowest BCUT2D eigenvalue weighted by molar-refractivity contribution is -0.121. The zero-order chi connectivity index (χ0) is 14.8. The van der Waals surface area contributed by atoms with Gasteiger partial charge in [0.2, 0.25) is 5.91 Å². The average Bonchev–Trinajstić information content (AvgIpc) is 2.95. The highest BCUT2D eigenvalue weighted by atomic mass is 32.1. The molecular weight excluding hydrogens is 276 g/mol. The number of aliphatic hydroxyl groups excluding tert-OH is 1. The number of amides is 2. The molecule has 0 saturated carbocycles. The highest BCUT2D eigenvalue weighted by molar-refractivity contribution is 7.12. The number of carbonyl (C=O) groups is 2. The smallest absolute Gasteiger partial charge is 0.261 e. The summed E-state index contributed by atoms with van der Waals surface area (Å²) in [4.78, 5) is 23.8. The van der Waals surface area contributed by atoms with Crippen molar-refractivity contribution >= 4 is 23.2 Å². The normalized spacial score (nSPS) is 11.9. The monoisotopic (exact) mass is 298 g/mol. The highest BCUT2D eigenvalue weighted by Crippen LogP contribution is 2.07. The van der Waals surface area contributed by atoms with Crippen molar-refractivity contribution in [3.8, 4) is 0 Å². The zero-order valence-corrected chi connectivity index (χ0v) is 12.5. The van der Waals surface area contributed by atoms with Crippen LogP contribution in [0.1, 0.15) is 42.3 Å². The topological polar surface area (TPSA) is 78.4 Å². The van der Waals surface area contributed by atoms with Crippen LogP contribution in [0.15, 0.2) is 17.5 Å². The maximum Gasteiger partial charge on any atom is 0.261 e. The molecule has 0 fully saturated rings. The van der Waals surface area contributed by atoms with Gasteiger partial charge < -0.3 is 15.7 Å². The van der Waals surface area contributed by atoms with Crippen molar-refractivity contribution in [2.75, 3.05) is 13.1 Å². The van der Waals surface area contributed by atoms with E-state index >= 15 is 0 Å². The summed E-state index contributed by atoms with van der Waals surface area (Å²) in [6, 6.07) is 3.59. The number of hydrogen-bond donors (Lipinski definition) is 3. The largest absolute Gasteiger partial charge is 0.391 e. The number of hydrogen-bond acceptors (Lipinski definition) is 4. The van der Waals surface area contributed by atoms with Gasteiger partial charge in [0.15, 0.2) is 0 Å². The number of carbonyl (C=O) groups excluding carboxylic acids is 2. The maximum atomic E-state index is 11.6. The number of thiophene rings is 1. The van der Waals surface area contributed by atoms with Crippen molar-refractivity contribution in [2.24, 2.45) is 0 Å². The Morgan fingerprint density at radius 2 is 2.20 bits per heavy atom. The molecule has 0 aromatic carbocycles. The molecule has 5 nitrogen and oxygen atoms in total. The summed E-state index contributed by atoms with van der Waals surface area (Å²) in [6.45, 7) is 2.76. The first-order chi connectivity index (χ1) is 9.63. The third-order valence-electron chi connectivity index (χ3n) is 2.77. The minimum Gasteiger partial charge on any atom is -0.391 e. The molecule has 6 heteroatoms. The molecule has 1 aromatic heterocycles. The molecule has 1 aromatic rings. The third kappa shape index (κ3) is 6.68. The van der Waals surface area contributed by atoms with Gasteiger partial charge in [-0.15, -0.1) is 11.3 Å². The molecule has 0 aliphatic heterocycles. The Balaban J connectivity index is 2.06. The molecule has 0 aliphatic carbocycles. The minimum absolute atomic E-state index is 0.0921. The van der Waals surface area contributed by atoms with Gasteiger partial charge in [-0.05, 0) is 24.3 Å². The van der Waals surface area contributed by atoms with Crippen molar-refractivity contribution in [3.63, 3.8) is 0 Å². The molecule has 112 valence electrons. The van der Waals surface area contributed by atoms with E-state index < -0.39 is 6.10 Å². The van der Waals surface area contributed by atoms with Crippen LogP contribution in [0.5, 0.6) is 0 Å². The second kappa shape index (κ2) is 9.50. The van der Waals surface area contributed by atoms with Crippen LogP contribution >= 0.6 is 11.3 Å². The van der Waals surface area contributed by atoms with Gasteiger partial charge in [0.1, 0.15) is 0 Å². The molecule has 3 N–H and O–H groups in total. The van der Waals surface area contributed by atoms with E-state index in [1.54, 1.807) is 6.07 Å². The summed E-state index contributed by atoms with van der Waals surface area (Å²) < 4.78 is 0. The van der Waals surface area contributed by atoms with Gasteiger partial charge in [-0.3, -0.25) is 9.59 Å². The van der Waals surface area contributed by atoms with Crippen LogP contribution in [0.2, 0.25) is 0 Å². The molecule has 0 saturated heterocycles. The van der Waals surface area contributed by atoms with Gasteiger partial charge in [0.25, 0.3) is 5.91 Å². The van der Waals surface area contributed by atoms with Crippen LogP contribution in [0.25, 0.3) is 0 Å². The highest BCUT2D eigenvalue weighted by Gasteiger charge is 2.07. The van der Waals surface area contributed by atoms with Crippen molar-refractivity contribution in [1.82, 2.24) is 10.6 Å². The molecule has 0 aliphatic rings. The number of nitrogens with one attached hydrogen (secondary N) is 2. The molecule has 0 bridgehead atoms. The van der Waals surface area contributed by atoms with Gasteiger partial charge in [-0.25, -0.2) is 0 Å². The fraction of sp³-hybridized carbons (Fsp3) is 0.571. The molecule has 0 spiro atoms. The Morgan fingerprint density at radius 1 is 1.40 bits per heavy atom. The Morgan fingerprint density at radius 3 is 2.85 bits per heavy atom. The van der Waals surface area contributed by atoms with Crippen LogP contribution in [-0.2, 0) is 4.79 Å². The lowest BCUT2D eigenvalue weighted by atomic mass is 10.2. The fourth-order valence-corrected chi connectivity index (χ4v) is 2.34. The summed E-state index contributed by atoms with van der Waals surface area (Å²) in [5.41, 5.74) is 0. The first-order valence-corrected chi connectivity index (χ1v) is 7.78. The SMILES string of the molecule is CCCC(O)CNC(=O)CCCNC(=O)c1cccs1. The first-order valence-electron chi connectivity index (χ1n) is 6.90. The molecular formula is C14H22N2O3S. The lowest BCUT2D eigenvalue weighted by Crippen LogP contribution is -2.32. The summed E-state index contributed by atoms with van der Waals surface area (Å²) in [7, 11) is 0. The quantitative estimate of drug-likeness (QED) is 0.605. The molecule has 1 heterocycles. The molecule has 0 radical (unpaired) electrons. The van der Waals surface area contributed by atoms with E-state index in [1.165, 1.54) is 11.3 Å². The van der Waals surface area contributed by atoms with E-state index in [-0.39, 0.29) is 11.8 Å².